The maximum Gasteiger partial charge on any atom is 0.226 e. The molecule has 2 fully saturated rings. The van der Waals surface area contributed by atoms with E-state index in [9.17, 15) is 14.7 Å². The van der Waals surface area contributed by atoms with Gasteiger partial charge in [-0.05, 0) is 25.0 Å². The van der Waals surface area contributed by atoms with Crippen LogP contribution in [0, 0.1) is 11.8 Å². The molecule has 23 heavy (non-hydrogen) atoms. The van der Waals surface area contributed by atoms with Crippen LogP contribution in [0.15, 0.2) is 30.3 Å². The smallest absolute Gasteiger partial charge is 0.226 e. The Bertz CT molecular complexity index is 553. The van der Waals surface area contributed by atoms with Gasteiger partial charge in [-0.15, -0.1) is 0 Å². The van der Waals surface area contributed by atoms with Crippen LogP contribution in [0.3, 0.4) is 0 Å². The van der Waals surface area contributed by atoms with Crippen molar-refractivity contribution in [3.63, 3.8) is 0 Å². The lowest BCUT2D eigenvalue weighted by atomic mass is 9.78. The number of para-hydroxylation sites is 1. The first-order valence-electron chi connectivity index (χ1n) is 8.46. The van der Waals surface area contributed by atoms with Gasteiger partial charge in [0.2, 0.25) is 5.91 Å². The molecule has 124 valence electrons. The number of amides is 1. The van der Waals surface area contributed by atoms with E-state index in [-0.39, 0.29) is 5.91 Å². The van der Waals surface area contributed by atoms with Crippen molar-refractivity contribution in [3.8, 4) is 0 Å². The summed E-state index contributed by atoms with van der Waals surface area (Å²) < 4.78 is 0. The minimum atomic E-state index is -1.06. The number of hydrogen-bond donors (Lipinski definition) is 0. The van der Waals surface area contributed by atoms with Gasteiger partial charge in [0.05, 0.1) is 0 Å². The van der Waals surface area contributed by atoms with Crippen LogP contribution >= 0.6 is 0 Å². The van der Waals surface area contributed by atoms with Gasteiger partial charge in [0.25, 0.3) is 0 Å². The van der Waals surface area contributed by atoms with Crippen LogP contribution in [0.1, 0.15) is 25.7 Å². The number of rotatable bonds is 3. The predicted molar refractivity (Wildman–Crippen MR) is 85.7 cm³/mol. The minimum absolute atomic E-state index is 0.00612. The van der Waals surface area contributed by atoms with Gasteiger partial charge in [-0.3, -0.25) is 4.79 Å². The lowest BCUT2D eigenvalue weighted by Gasteiger charge is -2.40. The Labute approximate surface area is 136 Å². The summed E-state index contributed by atoms with van der Waals surface area (Å²) >= 11 is 0. The van der Waals surface area contributed by atoms with Crippen molar-refractivity contribution in [1.82, 2.24) is 4.90 Å². The lowest BCUT2D eigenvalue weighted by molar-refractivity contribution is -0.314. The van der Waals surface area contributed by atoms with Crippen molar-refractivity contribution in [2.45, 2.75) is 25.7 Å². The number of benzene rings is 1. The number of nitrogens with zero attached hydrogens (tertiary/aromatic N) is 2. The highest BCUT2D eigenvalue weighted by molar-refractivity contribution is 5.84. The highest BCUT2D eigenvalue weighted by Gasteiger charge is 2.35. The molecule has 1 heterocycles. The van der Waals surface area contributed by atoms with Crippen molar-refractivity contribution in [2.24, 2.45) is 11.8 Å². The summed E-state index contributed by atoms with van der Waals surface area (Å²) in [7, 11) is 0. The fourth-order valence-electron chi connectivity index (χ4n) is 3.77. The van der Waals surface area contributed by atoms with Gasteiger partial charge in [0.1, 0.15) is 0 Å². The van der Waals surface area contributed by atoms with Gasteiger partial charge in [-0.25, -0.2) is 0 Å². The largest absolute Gasteiger partial charge is 0.550 e. The molecule has 2 aliphatic rings. The average molecular weight is 315 g/mol. The topological polar surface area (TPSA) is 63.7 Å². The third kappa shape index (κ3) is 3.49. The second-order valence-electron chi connectivity index (χ2n) is 6.46. The number of carboxylic acids is 1. The number of carboxylic acid groups (broad SMARTS) is 1. The molecule has 5 heteroatoms. The third-order valence-corrected chi connectivity index (χ3v) is 5.10. The van der Waals surface area contributed by atoms with E-state index in [2.05, 4.69) is 17.0 Å². The fraction of sp³-hybridized carbons (Fsp3) is 0.556. The minimum Gasteiger partial charge on any atom is -0.550 e. The molecule has 1 saturated carbocycles. The molecule has 1 aliphatic heterocycles. The lowest BCUT2D eigenvalue weighted by Crippen LogP contribution is -2.53. The summed E-state index contributed by atoms with van der Waals surface area (Å²) in [5, 5.41) is 11.3. The molecule has 0 radical (unpaired) electrons. The predicted octanol–water partition coefficient (Wildman–Crippen LogP) is 0.891. The third-order valence-electron chi connectivity index (χ3n) is 5.10. The van der Waals surface area contributed by atoms with Crippen molar-refractivity contribution in [2.75, 3.05) is 31.1 Å². The molecule has 0 N–H and O–H groups in total. The zero-order valence-electron chi connectivity index (χ0n) is 13.3. The van der Waals surface area contributed by atoms with Crippen LogP contribution in [0.25, 0.3) is 0 Å². The Hall–Kier alpha value is -2.04. The van der Waals surface area contributed by atoms with Gasteiger partial charge in [0, 0.05) is 49.7 Å². The van der Waals surface area contributed by atoms with Crippen LogP contribution in [0.5, 0.6) is 0 Å². The Morgan fingerprint density at radius 3 is 2.13 bits per heavy atom. The normalized spacial score (nSPS) is 25.2. The molecule has 0 spiro atoms. The van der Waals surface area contributed by atoms with Crippen molar-refractivity contribution in [3.05, 3.63) is 30.3 Å². The number of anilines is 1. The summed E-state index contributed by atoms with van der Waals surface area (Å²) in [6.07, 6.45) is 3.06. The average Bonchev–Trinajstić information content (AvgIpc) is 2.62. The van der Waals surface area contributed by atoms with Gasteiger partial charge in [-0.2, -0.15) is 0 Å². The highest BCUT2D eigenvalue weighted by atomic mass is 16.4. The Balaban J connectivity index is 1.60. The van der Waals surface area contributed by atoms with Crippen LogP contribution in [-0.2, 0) is 9.59 Å². The van der Waals surface area contributed by atoms with E-state index in [4.69, 9.17) is 0 Å². The monoisotopic (exact) mass is 315 g/mol. The van der Waals surface area contributed by atoms with Crippen LogP contribution < -0.4 is 10.0 Å². The number of piperazine rings is 1. The standard InChI is InChI=1S/C18H24N2O3/c21-17(15-8-4-5-9-16(15)18(22)23)20-12-10-19(11-13-20)14-6-2-1-3-7-14/h1-3,6-7,15-16H,4-5,8-13H2,(H,22,23)/p-1/t15-,16-/m0/s1. The zero-order valence-corrected chi connectivity index (χ0v) is 13.3. The summed E-state index contributed by atoms with van der Waals surface area (Å²) in [5.41, 5.74) is 1.17. The first-order valence-corrected chi connectivity index (χ1v) is 8.46. The first kappa shape index (κ1) is 15.8. The highest BCUT2D eigenvalue weighted by Crippen LogP contribution is 2.31. The number of aliphatic carboxylic acids is 1. The Kier molecular flexibility index (Phi) is 4.84. The molecule has 0 unspecified atom stereocenters. The number of carbonyl (C=O) groups excluding carboxylic acids is 2. The quantitative estimate of drug-likeness (QED) is 0.831. The van der Waals surface area contributed by atoms with Gasteiger partial charge in [-0.1, -0.05) is 31.0 Å². The fourth-order valence-corrected chi connectivity index (χ4v) is 3.77. The molecule has 3 rings (SSSR count). The van der Waals surface area contributed by atoms with Crippen molar-refractivity contribution in [1.29, 1.82) is 0 Å². The summed E-state index contributed by atoms with van der Waals surface area (Å²) in [6, 6.07) is 10.2. The van der Waals surface area contributed by atoms with Crippen LogP contribution in [-0.4, -0.2) is 43.0 Å². The molecule has 1 saturated heterocycles. The first-order chi connectivity index (χ1) is 11.2. The molecule has 1 aliphatic carbocycles. The molecule has 0 bridgehead atoms. The molecule has 1 aromatic carbocycles. The maximum atomic E-state index is 12.7. The molecular formula is C18H23N2O3-. The molecule has 5 nitrogen and oxygen atoms in total. The molecular weight excluding hydrogens is 292 g/mol. The van der Waals surface area contributed by atoms with E-state index in [0.717, 1.165) is 25.9 Å². The second kappa shape index (κ2) is 7.02. The Morgan fingerprint density at radius 1 is 0.913 bits per heavy atom. The molecule has 1 aromatic rings. The second-order valence-corrected chi connectivity index (χ2v) is 6.46. The van der Waals surface area contributed by atoms with Crippen molar-refractivity contribution < 1.29 is 14.7 Å². The number of carbonyl (C=O) groups is 2. The summed E-state index contributed by atoms with van der Waals surface area (Å²) in [5.74, 6) is -2.06. The van der Waals surface area contributed by atoms with Crippen LogP contribution in [0.2, 0.25) is 0 Å². The van der Waals surface area contributed by atoms with Crippen LogP contribution in [0.4, 0.5) is 5.69 Å². The van der Waals surface area contributed by atoms with Crippen molar-refractivity contribution >= 4 is 17.6 Å². The van der Waals surface area contributed by atoms with Gasteiger partial charge in [0.15, 0.2) is 0 Å². The maximum absolute atomic E-state index is 12.7. The molecule has 0 aromatic heterocycles. The zero-order chi connectivity index (χ0) is 16.2. The molecule has 2 atom stereocenters. The summed E-state index contributed by atoms with van der Waals surface area (Å²) in [6.45, 7) is 2.89. The number of hydrogen-bond acceptors (Lipinski definition) is 4. The van der Waals surface area contributed by atoms with E-state index in [1.165, 1.54) is 5.69 Å². The van der Waals surface area contributed by atoms with E-state index >= 15 is 0 Å². The van der Waals surface area contributed by atoms with E-state index in [1.54, 1.807) is 0 Å². The van der Waals surface area contributed by atoms with Gasteiger partial charge < -0.3 is 19.7 Å². The Morgan fingerprint density at radius 2 is 1.52 bits per heavy atom. The SMILES string of the molecule is O=C([O-])[C@H]1CCCC[C@@H]1C(=O)N1CCN(c2ccccc2)CC1. The van der Waals surface area contributed by atoms with Gasteiger partial charge >= 0.3 is 0 Å². The summed E-state index contributed by atoms with van der Waals surface area (Å²) in [4.78, 5) is 28.1. The van der Waals surface area contributed by atoms with E-state index in [1.807, 2.05) is 23.1 Å². The van der Waals surface area contributed by atoms with E-state index < -0.39 is 17.8 Å². The molecule has 1 amide bonds. The van der Waals surface area contributed by atoms with E-state index in [0.29, 0.717) is 25.9 Å².